The standard InChI is InChI=1S/C21H18N4O7/c1-2-30-14-7-8-17(18(11-14)25(28)29)24-19(26)13-31-21(27)16-6-4-10-23-20(16)32-15-5-3-9-22-12-15/h3-12H,2,13H2,1H3,(H,24,26). The van der Waals surface area contributed by atoms with Crippen LogP contribution in [0.5, 0.6) is 17.4 Å². The van der Waals surface area contributed by atoms with Gasteiger partial charge in [-0.1, -0.05) is 0 Å². The van der Waals surface area contributed by atoms with Crippen molar-refractivity contribution in [2.75, 3.05) is 18.5 Å². The lowest BCUT2D eigenvalue weighted by atomic mass is 10.2. The first-order valence-electron chi connectivity index (χ1n) is 9.39. The van der Waals surface area contributed by atoms with E-state index in [1.807, 2.05) is 0 Å². The number of rotatable bonds is 9. The molecule has 11 nitrogen and oxygen atoms in total. The van der Waals surface area contributed by atoms with E-state index in [1.54, 1.807) is 25.3 Å². The summed E-state index contributed by atoms with van der Waals surface area (Å²) in [7, 11) is 0. The molecule has 32 heavy (non-hydrogen) atoms. The van der Waals surface area contributed by atoms with Gasteiger partial charge in [0, 0.05) is 12.4 Å². The number of anilines is 1. The number of nitrogens with one attached hydrogen (secondary N) is 1. The number of nitro benzene ring substituents is 1. The van der Waals surface area contributed by atoms with Gasteiger partial charge in [-0.3, -0.25) is 19.9 Å². The van der Waals surface area contributed by atoms with Gasteiger partial charge in [-0.2, -0.15) is 0 Å². The smallest absolute Gasteiger partial charge is 0.344 e. The van der Waals surface area contributed by atoms with Crippen LogP contribution in [0.15, 0.2) is 61.1 Å². The van der Waals surface area contributed by atoms with Gasteiger partial charge in [0.05, 0.1) is 23.8 Å². The van der Waals surface area contributed by atoms with Gasteiger partial charge in [0.1, 0.15) is 22.7 Å². The fraction of sp³-hybridized carbons (Fsp3) is 0.143. The quantitative estimate of drug-likeness (QED) is 0.302. The number of hydrogen-bond acceptors (Lipinski definition) is 9. The van der Waals surface area contributed by atoms with Crippen LogP contribution in [0.4, 0.5) is 11.4 Å². The molecule has 2 aromatic heterocycles. The fourth-order valence-corrected chi connectivity index (χ4v) is 2.57. The minimum atomic E-state index is -0.853. The molecule has 164 valence electrons. The first-order valence-corrected chi connectivity index (χ1v) is 9.39. The van der Waals surface area contributed by atoms with Crippen LogP contribution >= 0.6 is 0 Å². The molecule has 0 bridgehead atoms. The van der Waals surface area contributed by atoms with Crippen molar-refractivity contribution < 1.29 is 28.7 Å². The molecule has 1 amide bonds. The van der Waals surface area contributed by atoms with Crippen LogP contribution in [-0.2, 0) is 9.53 Å². The number of pyridine rings is 2. The number of hydrogen-bond donors (Lipinski definition) is 1. The lowest BCUT2D eigenvalue weighted by Gasteiger charge is -2.10. The van der Waals surface area contributed by atoms with E-state index in [-0.39, 0.29) is 22.8 Å². The second kappa shape index (κ2) is 10.5. The Morgan fingerprint density at radius 2 is 1.94 bits per heavy atom. The first-order chi connectivity index (χ1) is 15.5. The minimum absolute atomic E-state index is 0.00352. The van der Waals surface area contributed by atoms with Gasteiger partial charge < -0.3 is 19.5 Å². The van der Waals surface area contributed by atoms with E-state index in [1.165, 1.54) is 42.7 Å². The van der Waals surface area contributed by atoms with Gasteiger partial charge in [0.15, 0.2) is 6.61 Å². The van der Waals surface area contributed by atoms with Gasteiger partial charge in [0.2, 0.25) is 5.88 Å². The fourth-order valence-electron chi connectivity index (χ4n) is 2.57. The molecule has 0 saturated heterocycles. The van der Waals surface area contributed by atoms with Crippen LogP contribution in [0.3, 0.4) is 0 Å². The molecule has 1 N–H and O–H groups in total. The topological polar surface area (TPSA) is 143 Å². The molecule has 0 aliphatic carbocycles. The van der Waals surface area contributed by atoms with E-state index in [0.717, 1.165) is 0 Å². The number of aromatic nitrogens is 2. The minimum Gasteiger partial charge on any atom is -0.494 e. The zero-order valence-electron chi connectivity index (χ0n) is 16.9. The highest BCUT2D eigenvalue weighted by Gasteiger charge is 2.20. The van der Waals surface area contributed by atoms with Crippen molar-refractivity contribution >= 4 is 23.3 Å². The van der Waals surface area contributed by atoms with Gasteiger partial charge >= 0.3 is 5.97 Å². The Bertz CT molecular complexity index is 1120. The highest BCUT2D eigenvalue weighted by atomic mass is 16.6. The van der Waals surface area contributed by atoms with Crippen molar-refractivity contribution in [2.45, 2.75) is 6.92 Å². The van der Waals surface area contributed by atoms with E-state index in [2.05, 4.69) is 15.3 Å². The van der Waals surface area contributed by atoms with Crippen LogP contribution in [0.2, 0.25) is 0 Å². The summed E-state index contributed by atoms with van der Waals surface area (Å²) in [5, 5.41) is 13.6. The largest absolute Gasteiger partial charge is 0.494 e. The maximum atomic E-state index is 12.4. The van der Waals surface area contributed by atoms with Crippen molar-refractivity contribution in [3.05, 3.63) is 76.7 Å². The van der Waals surface area contributed by atoms with E-state index < -0.39 is 23.4 Å². The van der Waals surface area contributed by atoms with E-state index >= 15 is 0 Å². The summed E-state index contributed by atoms with van der Waals surface area (Å²) in [6, 6.07) is 10.2. The lowest BCUT2D eigenvalue weighted by molar-refractivity contribution is -0.384. The van der Waals surface area contributed by atoms with Gasteiger partial charge in [-0.15, -0.1) is 0 Å². The molecule has 3 aromatic rings. The van der Waals surface area contributed by atoms with E-state index in [4.69, 9.17) is 14.2 Å². The molecule has 0 atom stereocenters. The summed E-state index contributed by atoms with van der Waals surface area (Å²) in [5.41, 5.74) is -0.410. The SMILES string of the molecule is CCOc1ccc(NC(=O)COC(=O)c2cccnc2Oc2cccnc2)c([N+](=O)[O-])c1. The second-order valence-corrected chi connectivity index (χ2v) is 6.14. The van der Waals surface area contributed by atoms with Gasteiger partial charge in [-0.05, 0) is 43.3 Å². The molecular weight excluding hydrogens is 420 g/mol. The lowest BCUT2D eigenvalue weighted by Crippen LogP contribution is -2.21. The Kier molecular flexibility index (Phi) is 7.25. The number of ether oxygens (including phenoxy) is 3. The maximum absolute atomic E-state index is 12.4. The van der Waals surface area contributed by atoms with Crippen molar-refractivity contribution in [1.82, 2.24) is 9.97 Å². The highest BCUT2D eigenvalue weighted by molar-refractivity contribution is 5.97. The predicted molar refractivity (Wildman–Crippen MR) is 112 cm³/mol. The number of carbonyl (C=O) groups is 2. The van der Waals surface area contributed by atoms with E-state index in [9.17, 15) is 19.7 Å². The predicted octanol–water partition coefficient (Wildman–Crippen LogP) is 3.37. The molecule has 0 fully saturated rings. The van der Waals surface area contributed by atoms with E-state index in [0.29, 0.717) is 18.1 Å². The average Bonchev–Trinajstić information content (AvgIpc) is 2.79. The Morgan fingerprint density at radius 1 is 1.12 bits per heavy atom. The van der Waals surface area contributed by atoms with Crippen LogP contribution in [0, 0.1) is 10.1 Å². The summed E-state index contributed by atoms with van der Waals surface area (Å²) in [4.78, 5) is 43.2. The Hall–Kier alpha value is -4.54. The number of nitrogens with zero attached hydrogens (tertiary/aromatic N) is 3. The van der Waals surface area contributed by atoms with Crippen LogP contribution in [0.1, 0.15) is 17.3 Å². The summed E-state index contributed by atoms with van der Waals surface area (Å²) < 4.78 is 15.8. The number of esters is 1. The summed E-state index contributed by atoms with van der Waals surface area (Å²) in [5.74, 6) is -0.979. The molecule has 0 unspecified atom stereocenters. The summed E-state index contributed by atoms with van der Waals surface area (Å²) in [6.45, 7) is 1.40. The number of benzene rings is 1. The normalized spacial score (nSPS) is 10.2. The Labute approximate surface area is 182 Å². The Balaban J connectivity index is 1.65. The third-order valence-electron chi connectivity index (χ3n) is 3.93. The third kappa shape index (κ3) is 5.75. The monoisotopic (exact) mass is 438 g/mol. The molecule has 0 spiro atoms. The molecule has 3 rings (SSSR count). The second-order valence-electron chi connectivity index (χ2n) is 6.14. The molecule has 1 aromatic carbocycles. The van der Waals surface area contributed by atoms with Gasteiger partial charge in [0.25, 0.3) is 11.6 Å². The van der Waals surface area contributed by atoms with Crippen molar-refractivity contribution in [3.63, 3.8) is 0 Å². The number of nitro groups is 1. The molecule has 2 heterocycles. The highest BCUT2D eigenvalue weighted by Crippen LogP contribution is 2.29. The number of amides is 1. The summed E-state index contributed by atoms with van der Waals surface area (Å²) >= 11 is 0. The Morgan fingerprint density at radius 3 is 2.66 bits per heavy atom. The average molecular weight is 438 g/mol. The molecule has 0 aliphatic heterocycles. The van der Waals surface area contributed by atoms with Crippen molar-refractivity contribution in [1.29, 1.82) is 0 Å². The van der Waals surface area contributed by atoms with Crippen molar-refractivity contribution in [3.8, 4) is 17.4 Å². The first kappa shape index (κ1) is 22.2. The molecule has 0 saturated carbocycles. The van der Waals surface area contributed by atoms with Crippen LogP contribution in [-0.4, -0.2) is 40.0 Å². The van der Waals surface area contributed by atoms with Crippen molar-refractivity contribution in [2.24, 2.45) is 0 Å². The summed E-state index contributed by atoms with van der Waals surface area (Å²) in [6.07, 6.45) is 4.44. The zero-order chi connectivity index (χ0) is 22.9. The van der Waals surface area contributed by atoms with Crippen LogP contribution < -0.4 is 14.8 Å². The maximum Gasteiger partial charge on any atom is 0.344 e. The molecule has 0 aliphatic rings. The third-order valence-corrected chi connectivity index (χ3v) is 3.93. The molecular formula is C21H18N4O7. The van der Waals surface area contributed by atoms with Crippen LogP contribution in [0.25, 0.3) is 0 Å². The van der Waals surface area contributed by atoms with Gasteiger partial charge in [-0.25, -0.2) is 9.78 Å². The number of carbonyl (C=O) groups excluding carboxylic acids is 2. The molecule has 0 radical (unpaired) electrons. The molecule has 11 heteroatoms. The zero-order valence-corrected chi connectivity index (χ0v) is 16.9.